The van der Waals surface area contributed by atoms with Crippen LogP contribution < -0.4 is 5.32 Å². The van der Waals surface area contributed by atoms with Crippen molar-refractivity contribution in [3.05, 3.63) is 64.7 Å². The molecule has 0 bridgehead atoms. The summed E-state index contributed by atoms with van der Waals surface area (Å²) in [6, 6.07) is 12.1. The number of anilines is 1. The molecule has 2 aromatic rings. The summed E-state index contributed by atoms with van der Waals surface area (Å²) in [5.41, 5.74) is 0.202. The number of benzene rings is 2. The lowest BCUT2D eigenvalue weighted by Gasteiger charge is -2.20. The fraction of sp³-hybridized carbons (Fsp3) is 0.250. The van der Waals surface area contributed by atoms with Gasteiger partial charge in [0.05, 0.1) is 28.6 Å². The first kappa shape index (κ1) is 22.4. The zero-order chi connectivity index (χ0) is 21.8. The normalized spacial score (nSPS) is 11.4. The Labute approximate surface area is 173 Å². The molecule has 152 valence electrons. The molecular formula is C20H19ClN2O5S. The van der Waals surface area contributed by atoms with Crippen molar-refractivity contribution in [1.82, 2.24) is 0 Å². The number of amides is 1. The lowest BCUT2D eigenvalue weighted by atomic mass is 10.1. The van der Waals surface area contributed by atoms with Crippen LogP contribution in [0.3, 0.4) is 0 Å². The molecule has 9 heteroatoms. The molecule has 0 aromatic heterocycles. The minimum Gasteiger partial charge on any atom is -0.456 e. The number of nitrogens with one attached hydrogen (secondary N) is 1. The molecule has 0 saturated heterocycles. The number of nitrogens with zero attached hydrogens (tertiary/aromatic N) is 1. The topological polar surface area (TPSA) is 113 Å². The van der Waals surface area contributed by atoms with Gasteiger partial charge in [-0.3, -0.25) is 4.79 Å². The third-order valence-electron chi connectivity index (χ3n) is 3.54. The SMILES string of the molecule is CC(C)(C)OC(=O)c1cc(C#N)ccc1NC(=O)c1cccc(CS(=O)(=O)Cl)c1. The Morgan fingerprint density at radius 1 is 1.17 bits per heavy atom. The van der Waals surface area contributed by atoms with E-state index < -0.39 is 32.3 Å². The van der Waals surface area contributed by atoms with Crippen molar-refractivity contribution in [2.75, 3.05) is 5.32 Å². The van der Waals surface area contributed by atoms with E-state index in [1.807, 2.05) is 6.07 Å². The molecule has 0 heterocycles. The van der Waals surface area contributed by atoms with Gasteiger partial charge in [0.25, 0.3) is 5.91 Å². The smallest absolute Gasteiger partial charge is 0.340 e. The number of hydrogen-bond acceptors (Lipinski definition) is 6. The van der Waals surface area contributed by atoms with Gasteiger partial charge in [-0.1, -0.05) is 12.1 Å². The summed E-state index contributed by atoms with van der Waals surface area (Å²) in [4.78, 5) is 25.1. The molecule has 2 aromatic carbocycles. The zero-order valence-corrected chi connectivity index (χ0v) is 17.6. The van der Waals surface area contributed by atoms with Crippen molar-refractivity contribution in [2.24, 2.45) is 0 Å². The van der Waals surface area contributed by atoms with Gasteiger partial charge in [0.1, 0.15) is 5.60 Å². The number of esters is 1. The number of halogens is 1. The van der Waals surface area contributed by atoms with Crippen LogP contribution in [-0.2, 0) is 19.5 Å². The number of rotatable bonds is 5. The van der Waals surface area contributed by atoms with Crippen LogP contribution in [0.4, 0.5) is 5.69 Å². The molecule has 0 unspecified atom stereocenters. The summed E-state index contributed by atoms with van der Waals surface area (Å²) in [6.45, 7) is 5.11. The highest BCUT2D eigenvalue weighted by Crippen LogP contribution is 2.22. The van der Waals surface area contributed by atoms with Crippen molar-refractivity contribution >= 4 is 37.3 Å². The van der Waals surface area contributed by atoms with Crippen LogP contribution in [0, 0.1) is 11.3 Å². The molecule has 1 N–H and O–H groups in total. The Balaban J connectivity index is 2.34. The predicted octanol–water partition coefficient (Wildman–Crippen LogP) is 3.83. The molecule has 0 fully saturated rings. The van der Waals surface area contributed by atoms with Crippen molar-refractivity contribution in [2.45, 2.75) is 32.1 Å². The molecule has 2 rings (SSSR count). The third-order valence-corrected chi connectivity index (χ3v) is 4.55. The summed E-state index contributed by atoms with van der Waals surface area (Å²) in [5.74, 6) is -1.67. The van der Waals surface area contributed by atoms with E-state index in [1.165, 1.54) is 42.5 Å². The molecular weight excluding hydrogens is 416 g/mol. The molecule has 0 saturated carbocycles. The fourth-order valence-corrected chi connectivity index (χ4v) is 3.38. The Kier molecular flexibility index (Phi) is 6.67. The molecule has 29 heavy (non-hydrogen) atoms. The van der Waals surface area contributed by atoms with E-state index >= 15 is 0 Å². The Morgan fingerprint density at radius 3 is 2.45 bits per heavy atom. The fourth-order valence-electron chi connectivity index (χ4n) is 2.42. The standard InChI is InChI=1S/C20H19ClN2O5S/c1-20(2,3)28-19(25)16-10-13(11-22)7-8-17(16)23-18(24)15-6-4-5-14(9-15)12-29(21,26)27/h4-10H,12H2,1-3H3,(H,23,24). The molecule has 0 aliphatic carbocycles. The minimum absolute atomic E-state index is 0.0341. The van der Waals surface area contributed by atoms with Gasteiger partial charge in [0, 0.05) is 16.2 Å². The zero-order valence-electron chi connectivity index (χ0n) is 16.0. The highest BCUT2D eigenvalue weighted by molar-refractivity contribution is 8.13. The summed E-state index contributed by atoms with van der Waals surface area (Å²) in [5, 5.41) is 11.7. The van der Waals surface area contributed by atoms with Crippen LogP contribution in [0.5, 0.6) is 0 Å². The van der Waals surface area contributed by atoms with E-state index in [2.05, 4.69) is 5.32 Å². The summed E-state index contributed by atoms with van der Waals surface area (Å²) < 4.78 is 27.9. The summed E-state index contributed by atoms with van der Waals surface area (Å²) in [6.07, 6.45) is 0. The van der Waals surface area contributed by atoms with Crippen LogP contribution >= 0.6 is 10.7 Å². The molecule has 7 nitrogen and oxygen atoms in total. The quantitative estimate of drug-likeness (QED) is 0.565. The Morgan fingerprint density at radius 2 is 1.86 bits per heavy atom. The second-order valence-corrected chi connectivity index (χ2v) is 9.99. The molecule has 0 aliphatic heterocycles. The van der Waals surface area contributed by atoms with E-state index in [9.17, 15) is 18.0 Å². The molecule has 0 aliphatic rings. The summed E-state index contributed by atoms with van der Waals surface area (Å²) in [7, 11) is 1.49. The second kappa shape index (κ2) is 8.64. The van der Waals surface area contributed by atoms with Crippen LogP contribution in [0.1, 0.15) is 52.6 Å². The van der Waals surface area contributed by atoms with Crippen molar-refractivity contribution < 1.29 is 22.7 Å². The van der Waals surface area contributed by atoms with Crippen LogP contribution in [-0.4, -0.2) is 25.9 Å². The van der Waals surface area contributed by atoms with E-state index in [0.29, 0.717) is 5.56 Å². The molecule has 1 amide bonds. The highest BCUT2D eigenvalue weighted by Gasteiger charge is 2.22. The number of carbonyl (C=O) groups is 2. The van der Waals surface area contributed by atoms with Gasteiger partial charge < -0.3 is 10.1 Å². The monoisotopic (exact) mass is 434 g/mol. The van der Waals surface area contributed by atoms with Crippen molar-refractivity contribution in [3.8, 4) is 6.07 Å². The van der Waals surface area contributed by atoms with Gasteiger partial charge in [-0.05, 0) is 56.7 Å². The van der Waals surface area contributed by atoms with Gasteiger partial charge in [-0.15, -0.1) is 0 Å². The van der Waals surface area contributed by atoms with E-state index in [0.717, 1.165) is 0 Å². The molecule has 0 atom stereocenters. The summed E-state index contributed by atoms with van der Waals surface area (Å²) >= 11 is 0. The van der Waals surface area contributed by atoms with Crippen molar-refractivity contribution in [1.29, 1.82) is 5.26 Å². The highest BCUT2D eigenvalue weighted by atomic mass is 35.7. The predicted molar refractivity (Wildman–Crippen MR) is 109 cm³/mol. The maximum absolute atomic E-state index is 12.6. The third kappa shape index (κ3) is 6.89. The van der Waals surface area contributed by atoms with E-state index in [4.69, 9.17) is 20.7 Å². The minimum atomic E-state index is -3.77. The maximum Gasteiger partial charge on any atom is 0.340 e. The van der Waals surface area contributed by atoms with Gasteiger partial charge in [0.2, 0.25) is 9.05 Å². The first-order valence-corrected chi connectivity index (χ1v) is 11.0. The number of ether oxygens (including phenoxy) is 1. The Hall–Kier alpha value is -2.89. The van der Waals surface area contributed by atoms with Crippen molar-refractivity contribution in [3.63, 3.8) is 0 Å². The van der Waals surface area contributed by atoms with Gasteiger partial charge >= 0.3 is 5.97 Å². The number of carbonyl (C=O) groups excluding carboxylic acids is 2. The first-order chi connectivity index (χ1) is 13.4. The number of nitriles is 1. The molecule has 0 spiro atoms. The van der Waals surface area contributed by atoms with Crippen LogP contribution in [0.25, 0.3) is 0 Å². The lowest BCUT2D eigenvalue weighted by Crippen LogP contribution is -2.25. The molecule has 0 radical (unpaired) electrons. The van der Waals surface area contributed by atoms with Gasteiger partial charge in [-0.25, -0.2) is 13.2 Å². The van der Waals surface area contributed by atoms with E-state index in [1.54, 1.807) is 20.8 Å². The second-order valence-electron chi connectivity index (χ2n) is 7.21. The first-order valence-electron chi connectivity index (χ1n) is 8.48. The van der Waals surface area contributed by atoms with Gasteiger partial charge in [-0.2, -0.15) is 5.26 Å². The average molecular weight is 435 g/mol. The maximum atomic E-state index is 12.6. The van der Waals surface area contributed by atoms with Gasteiger partial charge in [0.15, 0.2) is 0 Å². The average Bonchev–Trinajstić information content (AvgIpc) is 2.59. The van der Waals surface area contributed by atoms with E-state index in [-0.39, 0.29) is 22.4 Å². The largest absolute Gasteiger partial charge is 0.456 e. The van der Waals surface area contributed by atoms with Crippen LogP contribution in [0.2, 0.25) is 0 Å². The lowest BCUT2D eigenvalue weighted by molar-refractivity contribution is 0.00707. The van der Waals surface area contributed by atoms with Crippen LogP contribution in [0.15, 0.2) is 42.5 Å². The Bertz CT molecular complexity index is 1100. The number of hydrogen-bond donors (Lipinski definition) is 1.